The van der Waals surface area contributed by atoms with Crippen molar-refractivity contribution in [1.29, 1.82) is 0 Å². The second-order valence-corrected chi connectivity index (χ2v) is 8.77. The van der Waals surface area contributed by atoms with Crippen LogP contribution in [0.15, 0.2) is 78.5 Å². The van der Waals surface area contributed by atoms with E-state index in [1.807, 2.05) is 68.4 Å². The summed E-state index contributed by atoms with van der Waals surface area (Å²) in [6, 6.07) is 23.2. The van der Waals surface area contributed by atoms with Crippen LogP contribution in [0.1, 0.15) is 29.5 Å². The van der Waals surface area contributed by atoms with E-state index in [0.717, 1.165) is 35.5 Å². The maximum absolute atomic E-state index is 13.5. The molecule has 2 aliphatic heterocycles. The standard InChI is InChI=1S/C28H27N3O2/c1-19-8-10-21(11-9-19)25-26(28(33)31(27(25)32)24-7-5-6-20(2)18-24)29-22-12-14-23(15-13-22)30-16-3-4-17-30/h5-15,18,29H,3-4,16-17H2,1-2H3. The first-order valence-corrected chi connectivity index (χ1v) is 11.4. The number of hydrogen-bond acceptors (Lipinski definition) is 4. The van der Waals surface area contributed by atoms with E-state index in [1.54, 1.807) is 6.07 Å². The second-order valence-electron chi connectivity index (χ2n) is 8.77. The Kier molecular flexibility index (Phi) is 5.47. The zero-order chi connectivity index (χ0) is 22.9. The Morgan fingerprint density at radius 3 is 2.09 bits per heavy atom. The summed E-state index contributed by atoms with van der Waals surface area (Å²) in [7, 11) is 0. The molecule has 5 heteroatoms. The Hall–Kier alpha value is -3.86. The molecule has 3 aromatic rings. The number of carbonyl (C=O) groups is 2. The van der Waals surface area contributed by atoms with Crippen LogP contribution in [-0.2, 0) is 9.59 Å². The van der Waals surface area contributed by atoms with Crippen LogP contribution in [0.5, 0.6) is 0 Å². The highest BCUT2D eigenvalue weighted by Crippen LogP contribution is 2.34. The molecule has 5 nitrogen and oxygen atoms in total. The van der Waals surface area contributed by atoms with Crippen LogP contribution in [0.2, 0.25) is 0 Å². The van der Waals surface area contributed by atoms with Gasteiger partial charge >= 0.3 is 0 Å². The largest absolute Gasteiger partial charge is 0.372 e. The van der Waals surface area contributed by atoms with Gasteiger partial charge in [-0.15, -0.1) is 0 Å². The maximum Gasteiger partial charge on any atom is 0.282 e. The highest BCUT2D eigenvalue weighted by Gasteiger charge is 2.40. The van der Waals surface area contributed by atoms with Gasteiger partial charge in [0.1, 0.15) is 5.70 Å². The van der Waals surface area contributed by atoms with Crippen LogP contribution in [0, 0.1) is 13.8 Å². The fourth-order valence-corrected chi connectivity index (χ4v) is 4.51. The predicted octanol–water partition coefficient (Wildman–Crippen LogP) is 5.30. The van der Waals surface area contributed by atoms with Crippen molar-refractivity contribution >= 4 is 34.4 Å². The summed E-state index contributed by atoms with van der Waals surface area (Å²) in [5.74, 6) is -0.657. The summed E-state index contributed by atoms with van der Waals surface area (Å²) in [4.78, 5) is 30.7. The van der Waals surface area contributed by atoms with Gasteiger partial charge in [-0.2, -0.15) is 0 Å². The lowest BCUT2D eigenvalue weighted by atomic mass is 10.0. The van der Waals surface area contributed by atoms with E-state index in [9.17, 15) is 9.59 Å². The number of aryl methyl sites for hydroxylation is 2. The van der Waals surface area contributed by atoms with E-state index < -0.39 is 0 Å². The van der Waals surface area contributed by atoms with E-state index in [1.165, 1.54) is 23.4 Å². The molecule has 0 saturated carbocycles. The number of anilines is 3. The van der Waals surface area contributed by atoms with Gasteiger partial charge in [0.05, 0.1) is 11.3 Å². The molecule has 166 valence electrons. The Bertz CT molecular complexity index is 1240. The summed E-state index contributed by atoms with van der Waals surface area (Å²) in [5, 5.41) is 3.27. The third kappa shape index (κ3) is 4.02. The molecule has 2 heterocycles. The molecule has 0 radical (unpaired) electrons. The SMILES string of the molecule is Cc1ccc(C2=C(Nc3ccc(N4CCCC4)cc3)C(=O)N(c3cccc(C)c3)C2=O)cc1. The molecule has 1 N–H and O–H groups in total. The predicted molar refractivity (Wildman–Crippen MR) is 133 cm³/mol. The van der Waals surface area contributed by atoms with Crippen molar-refractivity contribution < 1.29 is 9.59 Å². The minimum Gasteiger partial charge on any atom is -0.372 e. The Balaban J connectivity index is 1.52. The summed E-state index contributed by atoms with van der Waals surface area (Å²) < 4.78 is 0. The molecule has 0 atom stereocenters. The molecule has 0 aliphatic carbocycles. The van der Waals surface area contributed by atoms with Crippen LogP contribution in [0.25, 0.3) is 5.57 Å². The molecule has 2 aliphatic rings. The van der Waals surface area contributed by atoms with Crippen molar-refractivity contribution in [2.45, 2.75) is 26.7 Å². The third-order valence-corrected chi connectivity index (χ3v) is 6.29. The van der Waals surface area contributed by atoms with Crippen LogP contribution in [-0.4, -0.2) is 24.9 Å². The van der Waals surface area contributed by atoms with Crippen LogP contribution >= 0.6 is 0 Å². The number of hydrogen-bond donors (Lipinski definition) is 1. The topological polar surface area (TPSA) is 52.7 Å². The lowest BCUT2D eigenvalue weighted by molar-refractivity contribution is -0.120. The number of nitrogens with one attached hydrogen (secondary N) is 1. The lowest BCUT2D eigenvalue weighted by Crippen LogP contribution is -2.32. The molecule has 2 amide bonds. The monoisotopic (exact) mass is 437 g/mol. The zero-order valence-electron chi connectivity index (χ0n) is 19.0. The van der Waals surface area contributed by atoms with Gasteiger partial charge in [-0.3, -0.25) is 9.59 Å². The number of nitrogens with zero attached hydrogens (tertiary/aromatic N) is 2. The van der Waals surface area contributed by atoms with Gasteiger partial charge in [0.2, 0.25) is 0 Å². The van der Waals surface area contributed by atoms with E-state index >= 15 is 0 Å². The third-order valence-electron chi connectivity index (χ3n) is 6.29. The average Bonchev–Trinajstić information content (AvgIpc) is 3.43. The first kappa shape index (κ1) is 21.0. The molecular formula is C28H27N3O2. The normalized spacial score (nSPS) is 16.2. The van der Waals surface area contributed by atoms with Crippen molar-refractivity contribution in [2.24, 2.45) is 0 Å². The molecular weight excluding hydrogens is 410 g/mol. The van der Waals surface area contributed by atoms with E-state index in [-0.39, 0.29) is 11.8 Å². The van der Waals surface area contributed by atoms with Gasteiger partial charge in [0.15, 0.2) is 0 Å². The van der Waals surface area contributed by atoms with E-state index in [4.69, 9.17) is 0 Å². The smallest absolute Gasteiger partial charge is 0.282 e. The summed E-state index contributed by atoms with van der Waals surface area (Å²) >= 11 is 0. The van der Waals surface area contributed by atoms with Crippen LogP contribution < -0.4 is 15.1 Å². The summed E-state index contributed by atoms with van der Waals surface area (Å²) in [6.45, 7) is 6.10. The zero-order valence-corrected chi connectivity index (χ0v) is 19.0. The lowest BCUT2D eigenvalue weighted by Gasteiger charge is -2.18. The number of benzene rings is 3. The van der Waals surface area contributed by atoms with E-state index in [2.05, 4.69) is 22.3 Å². The van der Waals surface area contributed by atoms with Crippen molar-refractivity contribution in [3.63, 3.8) is 0 Å². The number of rotatable bonds is 5. The van der Waals surface area contributed by atoms with E-state index in [0.29, 0.717) is 17.0 Å². The quantitative estimate of drug-likeness (QED) is 0.551. The molecule has 1 fully saturated rings. The summed E-state index contributed by atoms with van der Waals surface area (Å²) in [5.41, 5.74) is 6.05. The number of imide groups is 1. The highest BCUT2D eigenvalue weighted by atomic mass is 16.2. The minimum atomic E-state index is -0.343. The van der Waals surface area contributed by atoms with Crippen LogP contribution in [0.4, 0.5) is 17.1 Å². The van der Waals surface area contributed by atoms with Gasteiger partial charge < -0.3 is 10.2 Å². The van der Waals surface area contributed by atoms with Gasteiger partial charge in [-0.1, -0.05) is 42.0 Å². The van der Waals surface area contributed by atoms with Gasteiger partial charge in [-0.05, 0) is 74.2 Å². The molecule has 0 bridgehead atoms. The molecule has 1 saturated heterocycles. The Morgan fingerprint density at radius 2 is 1.42 bits per heavy atom. The second kappa shape index (κ2) is 8.58. The number of amides is 2. The maximum atomic E-state index is 13.5. The fourth-order valence-electron chi connectivity index (χ4n) is 4.51. The van der Waals surface area contributed by atoms with Crippen molar-refractivity contribution in [1.82, 2.24) is 0 Å². The van der Waals surface area contributed by atoms with Crippen molar-refractivity contribution in [3.8, 4) is 0 Å². The molecule has 3 aromatic carbocycles. The Labute approximate surface area is 194 Å². The average molecular weight is 438 g/mol. The molecule has 33 heavy (non-hydrogen) atoms. The fraction of sp³-hybridized carbons (Fsp3) is 0.214. The molecule has 0 aromatic heterocycles. The van der Waals surface area contributed by atoms with Crippen molar-refractivity contribution in [3.05, 3.63) is 95.2 Å². The van der Waals surface area contributed by atoms with Gasteiger partial charge in [0.25, 0.3) is 11.8 Å². The Morgan fingerprint density at radius 1 is 0.727 bits per heavy atom. The molecule has 0 spiro atoms. The molecule has 5 rings (SSSR count). The van der Waals surface area contributed by atoms with Crippen molar-refractivity contribution in [2.75, 3.05) is 28.2 Å². The number of carbonyl (C=O) groups excluding carboxylic acids is 2. The minimum absolute atomic E-state index is 0.305. The molecule has 0 unspecified atom stereocenters. The highest BCUT2D eigenvalue weighted by molar-refractivity contribution is 6.46. The van der Waals surface area contributed by atoms with Crippen LogP contribution in [0.3, 0.4) is 0 Å². The summed E-state index contributed by atoms with van der Waals surface area (Å²) in [6.07, 6.45) is 2.44. The van der Waals surface area contributed by atoms with Gasteiger partial charge in [0, 0.05) is 24.5 Å². The van der Waals surface area contributed by atoms with Gasteiger partial charge in [-0.25, -0.2) is 4.90 Å². The first-order valence-electron chi connectivity index (χ1n) is 11.4. The first-order chi connectivity index (χ1) is 16.0.